The van der Waals surface area contributed by atoms with Crippen molar-refractivity contribution in [3.8, 4) is 0 Å². The van der Waals surface area contributed by atoms with E-state index in [0.29, 0.717) is 31.6 Å². The Labute approximate surface area is 177 Å². The van der Waals surface area contributed by atoms with Crippen LogP contribution in [0.4, 0.5) is 0 Å². The molecule has 2 fully saturated rings. The number of benzene rings is 1. The summed E-state index contributed by atoms with van der Waals surface area (Å²) in [6.07, 6.45) is 3.75. The maximum Gasteiger partial charge on any atom is 0.240 e. The van der Waals surface area contributed by atoms with E-state index < -0.39 is 0 Å². The lowest BCUT2D eigenvalue weighted by atomic mass is 10.1. The average Bonchev–Trinajstić information content (AvgIpc) is 3.17. The number of morpholine rings is 1. The fraction of sp³-hybridized carbons (Fsp3) is 0.478. The van der Waals surface area contributed by atoms with Crippen molar-refractivity contribution < 1.29 is 9.53 Å². The van der Waals surface area contributed by atoms with Crippen LogP contribution in [0.15, 0.2) is 53.7 Å². The van der Waals surface area contributed by atoms with Crippen molar-refractivity contribution in [2.45, 2.75) is 42.6 Å². The van der Waals surface area contributed by atoms with Gasteiger partial charge in [0.15, 0.2) is 0 Å². The second-order valence-corrected chi connectivity index (χ2v) is 9.02. The predicted molar refractivity (Wildman–Crippen MR) is 116 cm³/mol. The van der Waals surface area contributed by atoms with E-state index in [9.17, 15) is 4.79 Å². The Bertz CT molecular complexity index is 794. The molecule has 2 aromatic rings. The van der Waals surface area contributed by atoms with E-state index in [1.54, 1.807) is 11.8 Å². The van der Waals surface area contributed by atoms with Crippen molar-refractivity contribution in [3.63, 3.8) is 0 Å². The molecule has 2 atom stereocenters. The third-order valence-corrected chi connectivity index (χ3v) is 6.87. The number of carbonyl (C=O) groups excluding carboxylic acids is 1. The number of thioether (sulfide) groups is 1. The molecule has 3 heterocycles. The molecular formula is C23H29N3O2S. The SMILES string of the molecule is CCc1ccc(CN2C[C@@H](Sc3ccccn3)C[C@H]2C(=O)N2CCOCC2)cc1. The van der Waals surface area contributed by atoms with E-state index in [-0.39, 0.29) is 11.9 Å². The Morgan fingerprint density at radius 1 is 1.14 bits per heavy atom. The van der Waals surface area contributed by atoms with Gasteiger partial charge in [-0.15, -0.1) is 11.8 Å². The monoisotopic (exact) mass is 411 g/mol. The Morgan fingerprint density at radius 2 is 1.90 bits per heavy atom. The fourth-order valence-corrected chi connectivity index (χ4v) is 5.24. The van der Waals surface area contributed by atoms with Crippen LogP contribution in [0.2, 0.25) is 0 Å². The van der Waals surface area contributed by atoms with Crippen molar-refractivity contribution in [1.82, 2.24) is 14.8 Å². The number of hydrogen-bond donors (Lipinski definition) is 0. The lowest BCUT2D eigenvalue weighted by Gasteiger charge is -2.32. The van der Waals surface area contributed by atoms with Crippen molar-refractivity contribution in [3.05, 3.63) is 59.8 Å². The van der Waals surface area contributed by atoms with E-state index in [1.807, 2.05) is 23.2 Å². The molecule has 6 heteroatoms. The first-order valence-corrected chi connectivity index (χ1v) is 11.4. The molecule has 0 N–H and O–H groups in total. The Morgan fingerprint density at radius 3 is 2.59 bits per heavy atom. The van der Waals surface area contributed by atoms with E-state index >= 15 is 0 Å². The summed E-state index contributed by atoms with van der Waals surface area (Å²) in [5.41, 5.74) is 2.62. The molecule has 2 aliphatic heterocycles. The Balaban J connectivity index is 1.48. The van der Waals surface area contributed by atoms with Crippen molar-refractivity contribution in [2.24, 2.45) is 0 Å². The molecule has 0 aliphatic carbocycles. The molecule has 2 saturated heterocycles. The minimum Gasteiger partial charge on any atom is -0.378 e. The Hall–Kier alpha value is -1.89. The molecule has 4 rings (SSSR count). The summed E-state index contributed by atoms with van der Waals surface area (Å²) in [5.74, 6) is 0.252. The summed E-state index contributed by atoms with van der Waals surface area (Å²) in [6, 6.07) is 14.7. The van der Waals surface area contributed by atoms with Crippen LogP contribution < -0.4 is 0 Å². The van der Waals surface area contributed by atoms with Gasteiger partial charge in [0, 0.05) is 37.6 Å². The van der Waals surface area contributed by atoms with Crippen LogP contribution in [0.25, 0.3) is 0 Å². The van der Waals surface area contributed by atoms with Crippen LogP contribution in [-0.2, 0) is 22.5 Å². The van der Waals surface area contributed by atoms with Crippen LogP contribution in [0.3, 0.4) is 0 Å². The third-order valence-electron chi connectivity index (χ3n) is 5.71. The van der Waals surface area contributed by atoms with Gasteiger partial charge >= 0.3 is 0 Å². The maximum atomic E-state index is 13.3. The molecule has 154 valence electrons. The zero-order valence-corrected chi connectivity index (χ0v) is 17.8. The first-order valence-electron chi connectivity index (χ1n) is 10.5. The highest BCUT2D eigenvalue weighted by molar-refractivity contribution is 7.99. The summed E-state index contributed by atoms with van der Waals surface area (Å²) < 4.78 is 5.44. The molecule has 0 radical (unpaired) electrons. The number of carbonyl (C=O) groups is 1. The van der Waals surface area contributed by atoms with Crippen molar-refractivity contribution >= 4 is 17.7 Å². The number of aryl methyl sites for hydroxylation is 1. The van der Waals surface area contributed by atoms with E-state index in [1.165, 1.54) is 11.1 Å². The quantitative estimate of drug-likeness (QED) is 0.730. The lowest BCUT2D eigenvalue weighted by molar-refractivity contribution is -0.140. The molecule has 0 saturated carbocycles. The topological polar surface area (TPSA) is 45.7 Å². The van der Waals surface area contributed by atoms with E-state index in [0.717, 1.165) is 31.0 Å². The highest BCUT2D eigenvalue weighted by Gasteiger charge is 2.39. The fourth-order valence-electron chi connectivity index (χ4n) is 4.08. The number of rotatable bonds is 6. The summed E-state index contributed by atoms with van der Waals surface area (Å²) in [7, 11) is 0. The third kappa shape index (κ3) is 5.18. The molecule has 2 aliphatic rings. The number of ether oxygens (including phenoxy) is 1. The normalized spacial score (nSPS) is 22.7. The van der Waals surface area contributed by atoms with Gasteiger partial charge in [0.1, 0.15) is 0 Å². The molecular weight excluding hydrogens is 382 g/mol. The zero-order valence-electron chi connectivity index (χ0n) is 17.0. The van der Waals surface area contributed by atoms with Crippen LogP contribution in [0.1, 0.15) is 24.5 Å². The zero-order chi connectivity index (χ0) is 20.1. The summed E-state index contributed by atoms with van der Waals surface area (Å²) >= 11 is 1.79. The van der Waals surface area contributed by atoms with E-state index in [2.05, 4.69) is 47.1 Å². The van der Waals surface area contributed by atoms with Gasteiger partial charge in [-0.1, -0.05) is 37.3 Å². The average molecular weight is 412 g/mol. The maximum absolute atomic E-state index is 13.3. The van der Waals surface area contributed by atoms with Gasteiger partial charge in [-0.2, -0.15) is 0 Å². The molecule has 1 aromatic heterocycles. The summed E-state index contributed by atoms with van der Waals surface area (Å²) in [6.45, 7) is 6.57. The minimum atomic E-state index is -0.0693. The molecule has 0 bridgehead atoms. The summed E-state index contributed by atoms with van der Waals surface area (Å²) in [4.78, 5) is 22.1. The number of amides is 1. The largest absolute Gasteiger partial charge is 0.378 e. The molecule has 29 heavy (non-hydrogen) atoms. The second-order valence-electron chi connectivity index (χ2n) is 7.70. The number of nitrogens with zero attached hydrogens (tertiary/aromatic N) is 3. The van der Waals surface area contributed by atoms with Gasteiger partial charge in [0.25, 0.3) is 0 Å². The molecule has 0 unspecified atom stereocenters. The van der Waals surface area contributed by atoms with Crippen LogP contribution in [-0.4, -0.2) is 64.8 Å². The number of aromatic nitrogens is 1. The smallest absolute Gasteiger partial charge is 0.240 e. The van der Waals surface area contributed by atoms with Gasteiger partial charge in [0.05, 0.1) is 24.3 Å². The molecule has 0 spiro atoms. The first-order chi connectivity index (χ1) is 14.2. The first kappa shape index (κ1) is 20.4. The van der Waals surface area contributed by atoms with Crippen LogP contribution in [0.5, 0.6) is 0 Å². The standard InChI is InChI=1S/C23H29N3O2S/c1-2-18-6-8-19(9-7-18)16-26-17-20(29-22-5-3-4-10-24-22)15-21(26)23(27)25-11-13-28-14-12-25/h3-10,20-21H,2,11-17H2,1H3/t20-,21-/m0/s1. The van der Waals surface area contributed by atoms with Gasteiger partial charge in [0.2, 0.25) is 5.91 Å². The lowest BCUT2D eigenvalue weighted by Crippen LogP contribution is -2.49. The number of hydrogen-bond acceptors (Lipinski definition) is 5. The molecule has 1 amide bonds. The van der Waals surface area contributed by atoms with E-state index in [4.69, 9.17) is 4.74 Å². The second kappa shape index (κ2) is 9.74. The van der Waals surface area contributed by atoms with Gasteiger partial charge in [-0.25, -0.2) is 4.98 Å². The minimum absolute atomic E-state index is 0.0693. The molecule has 1 aromatic carbocycles. The van der Waals surface area contributed by atoms with Crippen LogP contribution >= 0.6 is 11.8 Å². The van der Waals surface area contributed by atoms with Crippen molar-refractivity contribution in [2.75, 3.05) is 32.8 Å². The van der Waals surface area contributed by atoms with Crippen LogP contribution in [0, 0.1) is 0 Å². The van der Waals surface area contributed by atoms with Gasteiger partial charge in [-0.3, -0.25) is 9.69 Å². The Kier molecular flexibility index (Phi) is 6.85. The highest BCUT2D eigenvalue weighted by Crippen LogP contribution is 2.33. The van der Waals surface area contributed by atoms with Crippen molar-refractivity contribution in [1.29, 1.82) is 0 Å². The molecule has 5 nitrogen and oxygen atoms in total. The summed E-state index contributed by atoms with van der Waals surface area (Å²) in [5, 5.41) is 1.40. The van der Waals surface area contributed by atoms with Gasteiger partial charge in [-0.05, 0) is 36.1 Å². The predicted octanol–water partition coefficient (Wildman–Crippen LogP) is 3.24. The van der Waals surface area contributed by atoms with Gasteiger partial charge < -0.3 is 9.64 Å². The number of likely N-dealkylation sites (tertiary alicyclic amines) is 1. The highest BCUT2D eigenvalue weighted by atomic mass is 32.2. The number of pyridine rings is 1.